The largest absolute Gasteiger partial charge is 0.475 e. The number of halogens is 1. The summed E-state index contributed by atoms with van der Waals surface area (Å²) in [5, 5.41) is 18.9. The third-order valence-corrected chi connectivity index (χ3v) is 9.30. The highest BCUT2D eigenvalue weighted by Crippen LogP contribution is 2.40. The van der Waals surface area contributed by atoms with Gasteiger partial charge in [0.15, 0.2) is 5.83 Å². The van der Waals surface area contributed by atoms with Crippen molar-refractivity contribution in [1.29, 1.82) is 5.26 Å². The molecule has 1 amide bonds. The Kier molecular flexibility index (Phi) is 7.73. The van der Waals surface area contributed by atoms with E-state index in [0.717, 1.165) is 65.0 Å². The second kappa shape index (κ2) is 11.5. The number of nitriles is 1. The lowest BCUT2D eigenvalue weighted by atomic mass is 9.95. The van der Waals surface area contributed by atoms with E-state index >= 15 is 0 Å². The smallest absolute Gasteiger partial charge is 0.282 e. The van der Waals surface area contributed by atoms with Gasteiger partial charge in [0.05, 0.1) is 35.3 Å². The Labute approximate surface area is 251 Å². The maximum absolute atomic E-state index is 13.9. The van der Waals surface area contributed by atoms with E-state index in [1.807, 2.05) is 26.1 Å². The van der Waals surface area contributed by atoms with Crippen molar-refractivity contribution in [2.45, 2.75) is 64.7 Å². The van der Waals surface area contributed by atoms with E-state index in [1.54, 1.807) is 4.90 Å². The fraction of sp³-hybridized carbons (Fsp3) is 0.500. The summed E-state index contributed by atoms with van der Waals surface area (Å²) >= 11 is 0. The lowest BCUT2D eigenvalue weighted by Crippen LogP contribution is -2.59. The molecule has 3 aromatic rings. The molecule has 10 nitrogen and oxygen atoms in total. The van der Waals surface area contributed by atoms with Crippen molar-refractivity contribution in [2.75, 3.05) is 49.6 Å². The summed E-state index contributed by atoms with van der Waals surface area (Å²) in [7, 11) is 2.10. The summed E-state index contributed by atoms with van der Waals surface area (Å²) in [5.74, 6) is -1.28. The molecule has 2 saturated heterocycles. The average molecular weight is 587 g/mol. The zero-order valence-corrected chi connectivity index (χ0v) is 25.4. The molecule has 6 rings (SSSR count). The minimum Gasteiger partial charge on any atom is -0.475 e. The van der Waals surface area contributed by atoms with Crippen molar-refractivity contribution in [1.82, 2.24) is 25.0 Å². The number of benzene rings is 1. The number of carbonyl (C=O) groups excluding carboxylic acids is 1. The van der Waals surface area contributed by atoms with E-state index in [4.69, 9.17) is 9.72 Å². The molecule has 2 aromatic heterocycles. The molecule has 0 spiro atoms. The highest BCUT2D eigenvalue weighted by Gasteiger charge is 2.38. The van der Waals surface area contributed by atoms with Crippen molar-refractivity contribution >= 4 is 28.2 Å². The van der Waals surface area contributed by atoms with Gasteiger partial charge in [-0.05, 0) is 65.3 Å². The zero-order valence-electron chi connectivity index (χ0n) is 25.4. The number of hydrogen-bond donors (Lipinski definition) is 1. The fourth-order valence-electron chi connectivity index (χ4n) is 7.22. The Morgan fingerprint density at radius 2 is 1.98 bits per heavy atom. The number of likely N-dealkylation sites (N-methyl/N-ethyl adjacent to an activating group) is 1. The van der Waals surface area contributed by atoms with E-state index in [0.29, 0.717) is 44.1 Å². The number of likely N-dealkylation sites (tertiary alicyclic amines) is 1. The normalized spacial score (nSPS) is 22.5. The number of hydrogen-bond acceptors (Lipinski definition) is 8. The van der Waals surface area contributed by atoms with E-state index in [9.17, 15) is 14.4 Å². The molecule has 226 valence electrons. The molecule has 3 atom stereocenters. The van der Waals surface area contributed by atoms with Gasteiger partial charge in [0, 0.05) is 48.7 Å². The summed E-state index contributed by atoms with van der Waals surface area (Å²) in [6.45, 7) is 12.9. The molecule has 0 saturated carbocycles. The highest BCUT2D eigenvalue weighted by atomic mass is 19.1. The van der Waals surface area contributed by atoms with Crippen LogP contribution in [0.15, 0.2) is 30.7 Å². The van der Waals surface area contributed by atoms with Crippen molar-refractivity contribution < 1.29 is 13.9 Å². The summed E-state index contributed by atoms with van der Waals surface area (Å²) in [6, 6.07) is 6.29. The van der Waals surface area contributed by atoms with Crippen LogP contribution in [0, 0.1) is 18.3 Å². The first-order chi connectivity index (χ1) is 20.7. The monoisotopic (exact) mass is 586 g/mol. The van der Waals surface area contributed by atoms with Crippen molar-refractivity contribution in [3.8, 4) is 11.9 Å². The Hall–Kier alpha value is -4.17. The van der Waals surface area contributed by atoms with Gasteiger partial charge >= 0.3 is 0 Å². The van der Waals surface area contributed by atoms with Gasteiger partial charge < -0.3 is 24.3 Å². The number of aromatic nitrogens is 3. The Balaban J connectivity index is 1.40. The molecule has 0 aliphatic carbocycles. The number of nitrogens with zero attached hydrogens (tertiary/aromatic N) is 7. The van der Waals surface area contributed by atoms with Gasteiger partial charge in [-0.1, -0.05) is 12.6 Å². The second-order valence-corrected chi connectivity index (χ2v) is 12.2. The van der Waals surface area contributed by atoms with Crippen LogP contribution in [0.4, 0.5) is 15.8 Å². The molecule has 43 heavy (non-hydrogen) atoms. The predicted octanol–water partition coefficient (Wildman–Crippen LogP) is 4.08. The number of fused-ring (bicyclic) bond motifs is 2. The van der Waals surface area contributed by atoms with Gasteiger partial charge in [0.2, 0.25) is 5.88 Å². The zero-order chi connectivity index (χ0) is 30.4. The number of nitrogens with one attached hydrogen (secondary N) is 1. The van der Waals surface area contributed by atoms with Crippen LogP contribution in [0.25, 0.3) is 10.9 Å². The number of rotatable bonds is 6. The first kappa shape index (κ1) is 28.9. The summed E-state index contributed by atoms with van der Waals surface area (Å²) < 4.78 is 20.3. The molecule has 0 radical (unpaired) electrons. The number of anilines is 2. The predicted molar refractivity (Wildman–Crippen MR) is 164 cm³/mol. The van der Waals surface area contributed by atoms with Crippen LogP contribution in [-0.4, -0.2) is 88.8 Å². The fourth-order valence-corrected chi connectivity index (χ4v) is 7.22. The quantitative estimate of drug-likeness (QED) is 0.431. The van der Waals surface area contributed by atoms with Crippen molar-refractivity contribution in [2.24, 2.45) is 0 Å². The Bertz CT molecular complexity index is 1600. The van der Waals surface area contributed by atoms with Crippen LogP contribution in [0.1, 0.15) is 49.1 Å². The van der Waals surface area contributed by atoms with E-state index < -0.39 is 11.7 Å². The van der Waals surface area contributed by atoms with Crippen LogP contribution in [-0.2, 0) is 17.8 Å². The van der Waals surface area contributed by atoms with Crippen LogP contribution in [0.3, 0.4) is 0 Å². The van der Waals surface area contributed by atoms with Gasteiger partial charge in [-0.15, -0.1) is 0 Å². The molecule has 1 aromatic carbocycles. The molecule has 3 aliphatic rings. The third kappa shape index (κ3) is 5.18. The standard InChI is InChI=1S/C32H39FN8O2/c1-19-8-9-27-26(14-35-37-27)29(19)39-12-10-24-28(17-39)36-31(43-18-23-7-6-11-38(23)5)25(13-34)30(24)40-15-20(2)41(21(3)16-40)32(42)22(4)33/h8-9,14,20-21,23H,4,6-7,10-12,15-18H2,1-3,5H3,(H,35,37)/t20-,21+,23-/m0/s1. The molecule has 2 fully saturated rings. The van der Waals surface area contributed by atoms with E-state index in [1.165, 1.54) is 0 Å². The van der Waals surface area contributed by atoms with Crippen LogP contribution >= 0.6 is 0 Å². The van der Waals surface area contributed by atoms with Crippen LogP contribution < -0.4 is 14.5 Å². The van der Waals surface area contributed by atoms with Gasteiger partial charge in [-0.3, -0.25) is 9.89 Å². The minimum absolute atomic E-state index is 0.272. The second-order valence-electron chi connectivity index (χ2n) is 12.2. The molecule has 0 bridgehead atoms. The van der Waals surface area contributed by atoms with Crippen LogP contribution in [0.5, 0.6) is 5.88 Å². The number of pyridine rings is 1. The third-order valence-electron chi connectivity index (χ3n) is 9.30. The average Bonchev–Trinajstić information content (AvgIpc) is 3.62. The number of aryl methyl sites for hydroxylation is 1. The van der Waals surface area contributed by atoms with Gasteiger partial charge in [-0.25, -0.2) is 9.37 Å². The molecule has 1 N–H and O–H groups in total. The van der Waals surface area contributed by atoms with Crippen molar-refractivity contribution in [3.05, 3.63) is 53.1 Å². The lowest BCUT2D eigenvalue weighted by Gasteiger charge is -2.46. The summed E-state index contributed by atoms with van der Waals surface area (Å²) in [5.41, 5.74) is 6.43. The first-order valence-corrected chi connectivity index (χ1v) is 15.1. The number of aromatic amines is 1. The van der Waals surface area contributed by atoms with Gasteiger partial charge in [-0.2, -0.15) is 10.4 Å². The number of piperazine rings is 1. The molecule has 0 unspecified atom stereocenters. The molecular formula is C32H39FN8O2. The molecule has 5 heterocycles. The topological polar surface area (TPSA) is 105 Å². The van der Waals surface area contributed by atoms with Gasteiger partial charge in [0.1, 0.15) is 18.2 Å². The Morgan fingerprint density at radius 1 is 1.21 bits per heavy atom. The minimum atomic E-state index is -0.957. The SMILES string of the molecule is C=C(F)C(=O)N1[C@H](C)CN(c2c(C#N)c(OC[C@@H]3CCCN3C)nc3c2CCN(c2c(C)ccc4[nH]ncc24)C3)C[C@@H]1C. The number of carbonyl (C=O) groups is 1. The number of amides is 1. The first-order valence-electron chi connectivity index (χ1n) is 15.1. The summed E-state index contributed by atoms with van der Waals surface area (Å²) in [4.78, 5) is 26.0. The number of ether oxygens (including phenoxy) is 1. The van der Waals surface area contributed by atoms with Crippen molar-refractivity contribution in [3.63, 3.8) is 0 Å². The molecular weight excluding hydrogens is 547 g/mol. The number of H-pyrrole nitrogens is 1. The maximum Gasteiger partial charge on any atom is 0.282 e. The Morgan fingerprint density at radius 3 is 2.65 bits per heavy atom. The lowest BCUT2D eigenvalue weighted by molar-refractivity contribution is -0.133. The van der Waals surface area contributed by atoms with Crippen LogP contribution in [0.2, 0.25) is 0 Å². The molecule has 3 aliphatic heterocycles. The molecule has 11 heteroatoms. The maximum atomic E-state index is 13.9. The summed E-state index contributed by atoms with van der Waals surface area (Å²) in [6.07, 6.45) is 4.72. The highest BCUT2D eigenvalue weighted by molar-refractivity contribution is 5.93. The van der Waals surface area contributed by atoms with Gasteiger partial charge in [0.25, 0.3) is 5.91 Å². The van der Waals surface area contributed by atoms with E-state index in [-0.39, 0.29) is 18.1 Å². The van der Waals surface area contributed by atoms with E-state index in [2.05, 4.69) is 57.6 Å².